The Bertz CT molecular complexity index is 291. The Kier molecular flexibility index (Phi) is 3.14. The van der Waals surface area contributed by atoms with E-state index in [4.69, 9.17) is 4.74 Å². The van der Waals surface area contributed by atoms with Gasteiger partial charge in [-0.15, -0.1) is 0 Å². The van der Waals surface area contributed by atoms with E-state index in [0.717, 1.165) is 31.9 Å². The van der Waals surface area contributed by atoms with Gasteiger partial charge in [0.05, 0.1) is 32.5 Å². The van der Waals surface area contributed by atoms with Crippen LogP contribution in [0.15, 0.2) is 35.4 Å². The molecule has 0 amide bonds. The minimum Gasteiger partial charge on any atom is -0.378 e. The number of benzene rings is 1. The first-order valence-electron chi connectivity index (χ1n) is 4.87. The lowest BCUT2D eigenvalue weighted by Gasteiger charge is -2.23. The van der Waals surface area contributed by atoms with Crippen LogP contribution in [0, 0.1) is 0 Å². The van der Waals surface area contributed by atoms with Gasteiger partial charge >= 0.3 is 0 Å². The molecule has 1 aromatic rings. The van der Waals surface area contributed by atoms with Crippen molar-refractivity contribution in [2.45, 2.75) is 0 Å². The Morgan fingerprint density at radius 1 is 1.14 bits per heavy atom. The summed E-state index contributed by atoms with van der Waals surface area (Å²) in [5, 5.41) is 6.42. The average molecular weight is 190 g/mol. The minimum atomic E-state index is 0.784. The van der Waals surface area contributed by atoms with Gasteiger partial charge in [-0.25, -0.2) is 0 Å². The van der Waals surface area contributed by atoms with E-state index in [2.05, 4.69) is 5.10 Å². The predicted octanol–water partition coefficient (Wildman–Crippen LogP) is 1.35. The number of hydrogen-bond donors (Lipinski definition) is 0. The minimum absolute atomic E-state index is 0.784. The van der Waals surface area contributed by atoms with Gasteiger partial charge in [-0.1, -0.05) is 30.3 Å². The fourth-order valence-corrected chi connectivity index (χ4v) is 1.36. The second kappa shape index (κ2) is 4.77. The van der Waals surface area contributed by atoms with Gasteiger partial charge in [0, 0.05) is 0 Å². The molecule has 1 fully saturated rings. The van der Waals surface area contributed by atoms with Crippen molar-refractivity contribution in [2.75, 3.05) is 26.3 Å². The van der Waals surface area contributed by atoms with Crippen molar-refractivity contribution in [3.63, 3.8) is 0 Å². The molecule has 0 spiro atoms. The first-order valence-corrected chi connectivity index (χ1v) is 4.87. The zero-order chi connectivity index (χ0) is 9.64. The molecule has 0 aliphatic carbocycles. The van der Waals surface area contributed by atoms with Gasteiger partial charge in [0.25, 0.3) is 0 Å². The van der Waals surface area contributed by atoms with Gasteiger partial charge in [0.2, 0.25) is 0 Å². The quantitative estimate of drug-likeness (QED) is 0.658. The number of hydrogen-bond acceptors (Lipinski definition) is 3. The fraction of sp³-hybridized carbons (Fsp3) is 0.364. The highest BCUT2D eigenvalue weighted by Gasteiger charge is 2.05. The summed E-state index contributed by atoms with van der Waals surface area (Å²) in [5.41, 5.74) is 1.14. The maximum absolute atomic E-state index is 5.24. The van der Waals surface area contributed by atoms with Crippen LogP contribution in [0.2, 0.25) is 0 Å². The number of ether oxygens (including phenoxy) is 1. The van der Waals surface area contributed by atoms with E-state index in [9.17, 15) is 0 Å². The maximum atomic E-state index is 5.24. The Morgan fingerprint density at radius 2 is 1.86 bits per heavy atom. The highest BCUT2D eigenvalue weighted by molar-refractivity contribution is 5.79. The van der Waals surface area contributed by atoms with Crippen molar-refractivity contribution in [1.82, 2.24) is 5.01 Å². The highest BCUT2D eigenvalue weighted by atomic mass is 16.5. The molecule has 0 radical (unpaired) electrons. The largest absolute Gasteiger partial charge is 0.378 e. The number of hydrazone groups is 1. The van der Waals surface area contributed by atoms with Crippen LogP contribution in [-0.4, -0.2) is 37.5 Å². The molecule has 1 aromatic carbocycles. The van der Waals surface area contributed by atoms with Crippen LogP contribution in [0.25, 0.3) is 0 Å². The summed E-state index contributed by atoms with van der Waals surface area (Å²) in [6.07, 6.45) is 1.89. The van der Waals surface area contributed by atoms with Crippen LogP contribution in [0.4, 0.5) is 0 Å². The molecule has 0 saturated carbocycles. The normalized spacial score (nSPS) is 17.6. The van der Waals surface area contributed by atoms with Gasteiger partial charge in [-0.2, -0.15) is 5.10 Å². The third-order valence-electron chi connectivity index (χ3n) is 2.16. The van der Waals surface area contributed by atoms with Crippen molar-refractivity contribution < 1.29 is 4.74 Å². The molecular formula is C11H14N2O. The molecule has 0 bridgehead atoms. The average Bonchev–Trinajstić information content (AvgIpc) is 2.29. The van der Waals surface area contributed by atoms with E-state index < -0.39 is 0 Å². The first kappa shape index (κ1) is 9.21. The van der Waals surface area contributed by atoms with Crippen LogP contribution in [0.1, 0.15) is 5.56 Å². The monoisotopic (exact) mass is 190 g/mol. The van der Waals surface area contributed by atoms with Gasteiger partial charge in [-0.3, -0.25) is 5.01 Å². The lowest BCUT2D eigenvalue weighted by atomic mass is 10.2. The van der Waals surface area contributed by atoms with E-state index in [1.807, 2.05) is 41.6 Å². The van der Waals surface area contributed by atoms with Crippen LogP contribution >= 0.6 is 0 Å². The molecule has 1 aliphatic rings. The second-order valence-electron chi connectivity index (χ2n) is 3.22. The zero-order valence-corrected chi connectivity index (χ0v) is 8.10. The summed E-state index contributed by atoms with van der Waals surface area (Å²) in [5.74, 6) is 0. The van der Waals surface area contributed by atoms with Crippen LogP contribution in [0.3, 0.4) is 0 Å². The van der Waals surface area contributed by atoms with E-state index in [1.165, 1.54) is 0 Å². The summed E-state index contributed by atoms with van der Waals surface area (Å²) in [7, 11) is 0. The first-order chi connectivity index (χ1) is 6.95. The van der Waals surface area contributed by atoms with Gasteiger partial charge < -0.3 is 4.74 Å². The summed E-state index contributed by atoms with van der Waals surface area (Å²) in [6, 6.07) is 10.1. The smallest absolute Gasteiger partial charge is 0.0659 e. The predicted molar refractivity (Wildman–Crippen MR) is 56.4 cm³/mol. The zero-order valence-electron chi connectivity index (χ0n) is 8.10. The molecule has 0 N–H and O–H groups in total. The SMILES string of the molecule is C(=N/N1CCOCC1)/c1ccccc1. The topological polar surface area (TPSA) is 24.8 Å². The van der Waals surface area contributed by atoms with E-state index in [1.54, 1.807) is 0 Å². The van der Waals surface area contributed by atoms with Crippen molar-refractivity contribution in [2.24, 2.45) is 5.10 Å². The summed E-state index contributed by atoms with van der Waals surface area (Å²) in [6.45, 7) is 3.35. The third-order valence-corrected chi connectivity index (χ3v) is 2.16. The molecule has 74 valence electrons. The summed E-state index contributed by atoms with van der Waals surface area (Å²) < 4.78 is 5.24. The molecule has 0 unspecified atom stereocenters. The molecular weight excluding hydrogens is 176 g/mol. The Balaban J connectivity index is 1.93. The number of morpholine rings is 1. The Labute approximate surface area is 84.0 Å². The van der Waals surface area contributed by atoms with Gasteiger partial charge in [-0.05, 0) is 5.56 Å². The summed E-state index contributed by atoms with van der Waals surface area (Å²) in [4.78, 5) is 0. The molecule has 3 heteroatoms. The van der Waals surface area contributed by atoms with E-state index >= 15 is 0 Å². The molecule has 3 nitrogen and oxygen atoms in total. The number of nitrogens with zero attached hydrogens (tertiary/aromatic N) is 2. The molecule has 0 atom stereocenters. The van der Waals surface area contributed by atoms with E-state index in [-0.39, 0.29) is 0 Å². The van der Waals surface area contributed by atoms with Crippen molar-refractivity contribution >= 4 is 6.21 Å². The summed E-state index contributed by atoms with van der Waals surface area (Å²) >= 11 is 0. The maximum Gasteiger partial charge on any atom is 0.0659 e. The Hall–Kier alpha value is -1.35. The van der Waals surface area contributed by atoms with Crippen LogP contribution in [-0.2, 0) is 4.74 Å². The highest BCUT2D eigenvalue weighted by Crippen LogP contribution is 1.99. The van der Waals surface area contributed by atoms with Crippen LogP contribution in [0.5, 0.6) is 0 Å². The van der Waals surface area contributed by atoms with Crippen molar-refractivity contribution in [1.29, 1.82) is 0 Å². The van der Waals surface area contributed by atoms with Crippen molar-refractivity contribution in [3.05, 3.63) is 35.9 Å². The fourth-order valence-electron chi connectivity index (χ4n) is 1.36. The standard InChI is InChI=1S/C11H14N2O/c1-2-4-11(5-3-1)10-12-13-6-8-14-9-7-13/h1-5,10H,6-9H2/b12-10-. The van der Waals surface area contributed by atoms with Crippen molar-refractivity contribution in [3.8, 4) is 0 Å². The molecule has 2 rings (SSSR count). The molecule has 14 heavy (non-hydrogen) atoms. The Morgan fingerprint density at radius 3 is 2.57 bits per heavy atom. The number of rotatable bonds is 2. The lowest BCUT2D eigenvalue weighted by molar-refractivity contribution is 0.0397. The lowest BCUT2D eigenvalue weighted by Crippen LogP contribution is -2.32. The molecule has 0 aromatic heterocycles. The molecule has 1 heterocycles. The van der Waals surface area contributed by atoms with Gasteiger partial charge in [0.15, 0.2) is 0 Å². The van der Waals surface area contributed by atoms with E-state index in [0.29, 0.717) is 0 Å². The molecule has 1 saturated heterocycles. The van der Waals surface area contributed by atoms with Gasteiger partial charge in [0.1, 0.15) is 0 Å². The molecule has 1 aliphatic heterocycles. The third kappa shape index (κ3) is 2.57. The van der Waals surface area contributed by atoms with Crippen LogP contribution < -0.4 is 0 Å². The second-order valence-corrected chi connectivity index (χ2v) is 3.22.